The van der Waals surface area contributed by atoms with Crippen LogP contribution in [-0.2, 0) is 4.79 Å². The van der Waals surface area contributed by atoms with E-state index in [1.54, 1.807) is 7.05 Å². The number of anilines is 2. The summed E-state index contributed by atoms with van der Waals surface area (Å²) in [5.74, 6) is -0.00461. The molecule has 1 amide bonds. The van der Waals surface area contributed by atoms with Crippen molar-refractivity contribution in [3.8, 4) is 0 Å². The lowest BCUT2D eigenvalue weighted by Crippen LogP contribution is -2.35. The first-order valence-electron chi connectivity index (χ1n) is 7.54. The summed E-state index contributed by atoms with van der Waals surface area (Å²) in [4.78, 5) is 14.2. The normalized spacial score (nSPS) is 17.4. The molecule has 0 spiro atoms. The van der Waals surface area contributed by atoms with Gasteiger partial charge in [0, 0.05) is 24.5 Å². The second-order valence-corrected chi connectivity index (χ2v) is 5.45. The van der Waals surface area contributed by atoms with Gasteiger partial charge in [0.15, 0.2) is 0 Å². The van der Waals surface area contributed by atoms with Crippen LogP contribution in [0.15, 0.2) is 24.3 Å². The molecule has 0 radical (unpaired) electrons. The van der Waals surface area contributed by atoms with E-state index >= 15 is 0 Å². The fourth-order valence-corrected chi connectivity index (χ4v) is 2.47. The minimum Gasteiger partial charge on any atom is -0.372 e. The minimum absolute atomic E-state index is 0.00461. The third-order valence-electron chi connectivity index (χ3n) is 3.93. The number of rotatable bonds is 4. The summed E-state index contributed by atoms with van der Waals surface area (Å²) in [6, 6.07) is 8.00. The molecule has 1 aromatic rings. The number of nitrogens with one attached hydrogen (secondary N) is 2. The predicted molar refractivity (Wildman–Crippen MR) is 84.3 cm³/mol. The van der Waals surface area contributed by atoms with E-state index < -0.39 is 0 Å². The molecule has 20 heavy (non-hydrogen) atoms. The van der Waals surface area contributed by atoms with Crippen LogP contribution in [0.3, 0.4) is 0 Å². The molecule has 1 aliphatic rings. The largest absolute Gasteiger partial charge is 0.372 e. The summed E-state index contributed by atoms with van der Waals surface area (Å²) < 4.78 is 0. The molecule has 1 atom stereocenters. The second kappa shape index (κ2) is 7.29. The SMILES string of the molecule is CNC(C)C(=O)Nc1ccc(N2CCCCCC2)cc1. The topological polar surface area (TPSA) is 44.4 Å². The second-order valence-electron chi connectivity index (χ2n) is 5.45. The van der Waals surface area contributed by atoms with Gasteiger partial charge in [0.1, 0.15) is 0 Å². The van der Waals surface area contributed by atoms with Crippen molar-refractivity contribution in [1.29, 1.82) is 0 Å². The van der Waals surface area contributed by atoms with Gasteiger partial charge in [-0.05, 0) is 51.1 Å². The average Bonchev–Trinajstić information content (AvgIpc) is 2.76. The molecule has 1 aliphatic heterocycles. The smallest absolute Gasteiger partial charge is 0.241 e. The highest BCUT2D eigenvalue weighted by atomic mass is 16.2. The highest BCUT2D eigenvalue weighted by molar-refractivity contribution is 5.94. The Morgan fingerprint density at radius 2 is 1.70 bits per heavy atom. The van der Waals surface area contributed by atoms with Gasteiger partial charge in [-0.25, -0.2) is 0 Å². The van der Waals surface area contributed by atoms with Crippen molar-refractivity contribution in [2.24, 2.45) is 0 Å². The molecular weight excluding hydrogens is 250 g/mol. The van der Waals surface area contributed by atoms with E-state index in [9.17, 15) is 4.79 Å². The molecule has 0 saturated carbocycles. The van der Waals surface area contributed by atoms with Gasteiger partial charge in [-0.2, -0.15) is 0 Å². The number of likely N-dealkylation sites (N-methyl/N-ethyl adjacent to an activating group) is 1. The number of benzene rings is 1. The fraction of sp³-hybridized carbons (Fsp3) is 0.562. The van der Waals surface area contributed by atoms with E-state index in [-0.39, 0.29) is 11.9 Å². The van der Waals surface area contributed by atoms with Crippen LogP contribution in [0.25, 0.3) is 0 Å². The molecular formula is C16H25N3O. The van der Waals surface area contributed by atoms with Crippen molar-refractivity contribution in [3.05, 3.63) is 24.3 Å². The highest BCUT2D eigenvalue weighted by Gasteiger charge is 2.12. The van der Waals surface area contributed by atoms with Gasteiger partial charge in [0.25, 0.3) is 0 Å². The molecule has 1 heterocycles. The quantitative estimate of drug-likeness (QED) is 0.888. The Hall–Kier alpha value is -1.55. The van der Waals surface area contributed by atoms with Crippen LogP contribution in [0, 0.1) is 0 Å². The standard InChI is InChI=1S/C16H25N3O/c1-13(17-2)16(20)18-14-7-9-15(10-8-14)19-11-5-3-4-6-12-19/h7-10,13,17H,3-6,11-12H2,1-2H3,(H,18,20). The molecule has 0 bridgehead atoms. The van der Waals surface area contributed by atoms with E-state index in [1.807, 2.05) is 19.1 Å². The Balaban J connectivity index is 1.97. The average molecular weight is 275 g/mol. The zero-order valence-corrected chi connectivity index (χ0v) is 12.5. The van der Waals surface area contributed by atoms with E-state index in [1.165, 1.54) is 31.4 Å². The number of hydrogen-bond donors (Lipinski definition) is 2. The van der Waals surface area contributed by atoms with Crippen molar-refractivity contribution in [2.45, 2.75) is 38.6 Å². The van der Waals surface area contributed by atoms with Crippen LogP contribution in [0.5, 0.6) is 0 Å². The summed E-state index contributed by atoms with van der Waals surface area (Å²) >= 11 is 0. The lowest BCUT2D eigenvalue weighted by Gasteiger charge is -2.23. The van der Waals surface area contributed by atoms with E-state index in [4.69, 9.17) is 0 Å². The number of carbonyl (C=O) groups excluding carboxylic acids is 1. The van der Waals surface area contributed by atoms with Gasteiger partial charge in [0.05, 0.1) is 6.04 Å². The fourth-order valence-electron chi connectivity index (χ4n) is 2.47. The Morgan fingerprint density at radius 3 is 2.25 bits per heavy atom. The van der Waals surface area contributed by atoms with E-state index in [0.29, 0.717) is 0 Å². The maximum Gasteiger partial charge on any atom is 0.241 e. The molecule has 110 valence electrons. The van der Waals surface area contributed by atoms with Crippen molar-refractivity contribution < 1.29 is 4.79 Å². The van der Waals surface area contributed by atoms with Crippen LogP contribution < -0.4 is 15.5 Å². The molecule has 2 rings (SSSR count). The first kappa shape index (κ1) is 14.9. The van der Waals surface area contributed by atoms with Gasteiger partial charge in [-0.1, -0.05) is 12.8 Å². The minimum atomic E-state index is -0.180. The maximum atomic E-state index is 11.8. The van der Waals surface area contributed by atoms with Crippen molar-refractivity contribution in [2.75, 3.05) is 30.4 Å². The molecule has 4 nitrogen and oxygen atoms in total. The van der Waals surface area contributed by atoms with Crippen molar-refractivity contribution >= 4 is 17.3 Å². The van der Waals surface area contributed by atoms with E-state index in [2.05, 4.69) is 27.7 Å². The van der Waals surface area contributed by atoms with Crippen LogP contribution >= 0.6 is 0 Å². The van der Waals surface area contributed by atoms with Gasteiger partial charge < -0.3 is 15.5 Å². The van der Waals surface area contributed by atoms with Crippen molar-refractivity contribution in [1.82, 2.24) is 5.32 Å². The molecule has 0 aromatic heterocycles. The van der Waals surface area contributed by atoms with Gasteiger partial charge in [-0.3, -0.25) is 4.79 Å². The molecule has 1 fully saturated rings. The number of amides is 1. The van der Waals surface area contributed by atoms with Gasteiger partial charge in [-0.15, -0.1) is 0 Å². The first-order chi connectivity index (χ1) is 9.70. The lowest BCUT2D eigenvalue weighted by atomic mass is 10.2. The summed E-state index contributed by atoms with van der Waals surface area (Å²) in [7, 11) is 1.78. The number of hydrogen-bond acceptors (Lipinski definition) is 3. The van der Waals surface area contributed by atoms with E-state index in [0.717, 1.165) is 18.8 Å². The van der Waals surface area contributed by atoms with Crippen LogP contribution in [0.1, 0.15) is 32.6 Å². The highest BCUT2D eigenvalue weighted by Crippen LogP contribution is 2.21. The summed E-state index contributed by atoms with van der Waals surface area (Å²) in [5.41, 5.74) is 2.11. The maximum absolute atomic E-state index is 11.8. The van der Waals surface area contributed by atoms with Gasteiger partial charge in [0.2, 0.25) is 5.91 Å². The Labute approximate surface area is 121 Å². The zero-order chi connectivity index (χ0) is 14.4. The van der Waals surface area contributed by atoms with Crippen LogP contribution in [-0.4, -0.2) is 32.1 Å². The molecule has 1 saturated heterocycles. The number of carbonyl (C=O) groups is 1. The molecule has 1 unspecified atom stereocenters. The summed E-state index contributed by atoms with van der Waals surface area (Å²) in [5, 5.41) is 5.85. The van der Waals surface area contributed by atoms with Crippen LogP contribution in [0.2, 0.25) is 0 Å². The first-order valence-corrected chi connectivity index (χ1v) is 7.54. The molecule has 0 aliphatic carbocycles. The monoisotopic (exact) mass is 275 g/mol. The summed E-state index contributed by atoms with van der Waals surface area (Å²) in [6.07, 6.45) is 5.23. The third kappa shape index (κ3) is 3.97. The predicted octanol–water partition coefficient (Wildman–Crippen LogP) is 2.61. The third-order valence-corrected chi connectivity index (χ3v) is 3.93. The Morgan fingerprint density at radius 1 is 1.10 bits per heavy atom. The zero-order valence-electron chi connectivity index (χ0n) is 12.5. The van der Waals surface area contributed by atoms with Crippen LogP contribution in [0.4, 0.5) is 11.4 Å². The lowest BCUT2D eigenvalue weighted by molar-refractivity contribution is -0.117. The Bertz CT molecular complexity index is 422. The van der Waals surface area contributed by atoms with Gasteiger partial charge >= 0.3 is 0 Å². The molecule has 4 heteroatoms. The summed E-state index contributed by atoms with van der Waals surface area (Å²) in [6.45, 7) is 4.13. The number of nitrogens with zero attached hydrogens (tertiary/aromatic N) is 1. The Kier molecular flexibility index (Phi) is 5.41. The molecule has 1 aromatic carbocycles. The van der Waals surface area contributed by atoms with Crippen molar-refractivity contribution in [3.63, 3.8) is 0 Å². The molecule has 2 N–H and O–H groups in total.